The van der Waals surface area contributed by atoms with Crippen LogP contribution in [0, 0.1) is 0 Å². The first-order valence-electron chi connectivity index (χ1n) is 5.54. The number of hydrogen-bond donors (Lipinski definition) is 3. The minimum absolute atomic E-state index is 0.406. The van der Waals surface area contributed by atoms with Crippen molar-refractivity contribution in [3.63, 3.8) is 0 Å². The predicted molar refractivity (Wildman–Crippen MR) is 64.8 cm³/mol. The van der Waals surface area contributed by atoms with E-state index in [1.165, 1.54) is 5.56 Å². The van der Waals surface area contributed by atoms with Gasteiger partial charge < -0.3 is 16.8 Å². The summed E-state index contributed by atoms with van der Waals surface area (Å²) in [5, 5.41) is 3.38. The molecular weight excluding hydrogens is 186 g/mol. The fraction of sp³-hybridized carbons (Fsp3) is 0.500. The van der Waals surface area contributed by atoms with Gasteiger partial charge in [-0.3, -0.25) is 0 Å². The average molecular weight is 207 g/mol. The molecular formula is C12H21N3. The third-order valence-electron chi connectivity index (χ3n) is 2.50. The summed E-state index contributed by atoms with van der Waals surface area (Å²) in [5.41, 5.74) is 12.5. The summed E-state index contributed by atoms with van der Waals surface area (Å²) < 4.78 is 0. The molecule has 0 aliphatic heterocycles. The maximum atomic E-state index is 5.75. The molecule has 0 amide bonds. The molecule has 0 saturated carbocycles. The molecule has 0 fully saturated rings. The van der Waals surface area contributed by atoms with E-state index in [0.717, 1.165) is 26.1 Å². The van der Waals surface area contributed by atoms with Gasteiger partial charge in [-0.2, -0.15) is 0 Å². The van der Waals surface area contributed by atoms with Crippen molar-refractivity contribution in [1.29, 1.82) is 0 Å². The Morgan fingerprint density at radius 1 is 1.13 bits per heavy atom. The predicted octanol–water partition coefficient (Wildman–Crippen LogP) is 0.667. The Balaban J connectivity index is 2.36. The van der Waals surface area contributed by atoms with E-state index in [-0.39, 0.29) is 0 Å². The molecule has 84 valence electrons. The largest absolute Gasteiger partial charge is 0.330 e. The van der Waals surface area contributed by atoms with E-state index in [1.54, 1.807) is 0 Å². The van der Waals surface area contributed by atoms with E-state index >= 15 is 0 Å². The van der Waals surface area contributed by atoms with Crippen LogP contribution in [0.15, 0.2) is 30.3 Å². The lowest BCUT2D eigenvalue weighted by atomic mass is 9.99. The molecule has 3 nitrogen and oxygen atoms in total. The molecule has 0 bridgehead atoms. The topological polar surface area (TPSA) is 64.1 Å². The quantitative estimate of drug-likeness (QED) is 0.576. The molecule has 1 aromatic rings. The first-order chi connectivity index (χ1) is 7.38. The Morgan fingerprint density at radius 3 is 2.47 bits per heavy atom. The van der Waals surface area contributed by atoms with Crippen molar-refractivity contribution in [2.24, 2.45) is 11.5 Å². The molecule has 1 unspecified atom stereocenters. The molecule has 5 N–H and O–H groups in total. The van der Waals surface area contributed by atoms with Crippen LogP contribution in [0.4, 0.5) is 0 Å². The molecule has 0 saturated heterocycles. The van der Waals surface area contributed by atoms with Crippen LogP contribution >= 0.6 is 0 Å². The third kappa shape index (κ3) is 4.42. The number of nitrogens with one attached hydrogen (secondary N) is 1. The van der Waals surface area contributed by atoms with Gasteiger partial charge in [-0.15, -0.1) is 0 Å². The highest BCUT2D eigenvalue weighted by Gasteiger charge is 2.07. The van der Waals surface area contributed by atoms with E-state index in [0.29, 0.717) is 12.5 Å². The van der Waals surface area contributed by atoms with Crippen LogP contribution in [-0.2, 0) is 0 Å². The maximum Gasteiger partial charge on any atom is 0.00863 e. The second kappa shape index (κ2) is 7.40. The molecule has 15 heavy (non-hydrogen) atoms. The number of benzene rings is 1. The molecule has 1 rings (SSSR count). The van der Waals surface area contributed by atoms with Crippen molar-refractivity contribution in [3.8, 4) is 0 Å². The number of hydrogen-bond acceptors (Lipinski definition) is 3. The molecule has 0 aromatic heterocycles. The minimum atomic E-state index is 0.406. The Labute approximate surface area is 91.9 Å². The van der Waals surface area contributed by atoms with Crippen molar-refractivity contribution in [2.75, 3.05) is 26.2 Å². The standard InChI is InChI=1S/C12H21N3/c13-7-4-8-15-10-12(9-14)11-5-2-1-3-6-11/h1-3,5-6,12,15H,4,7-10,13-14H2. The van der Waals surface area contributed by atoms with Gasteiger partial charge in [0.05, 0.1) is 0 Å². The van der Waals surface area contributed by atoms with Gasteiger partial charge in [0, 0.05) is 19.0 Å². The van der Waals surface area contributed by atoms with E-state index in [2.05, 4.69) is 29.6 Å². The van der Waals surface area contributed by atoms with Crippen molar-refractivity contribution >= 4 is 0 Å². The molecule has 0 radical (unpaired) electrons. The summed E-state index contributed by atoms with van der Waals surface area (Å²) >= 11 is 0. The number of nitrogens with two attached hydrogens (primary N) is 2. The van der Waals surface area contributed by atoms with Gasteiger partial charge >= 0.3 is 0 Å². The van der Waals surface area contributed by atoms with Gasteiger partial charge in [-0.1, -0.05) is 30.3 Å². The smallest absolute Gasteiger partial charge is 0.00863 e. The fourth-order valence-corrected chi connectivity index (χ4v) is 1.57. The van der Waals surface area contributed by atoms with Gasteiger partial charge in [0.2, 0.25) is 0 Å². The first-order valence-corrected chi connectivity index (χ1v) is 5.54. The summed E-state index contributed by atoms with van der Waals surface area (Å²) in [6, 6.07) is 10.4. The van der Waals surface area contributed by atoms with Crippen molar-refractivity contribution < 1.29 is 0 Å². The van der Waals surface area contributed by atoms with Crippen molar-refractivity contribution in [1.82, 2.24) is 5.32 Å². The van der Waals surface area contributed by atoms with Crippen LogP contribution in [-0.4, -0.2) is 26.2 Å². The highest BCUT2D eigenvalue weighted by molar-refractivity contribution is 5.20. The zero-order valence-corrected chi connectivity index (χ0v) is 9.15. The number of rotatable bonds is 7. The Hall–Kier alpha value is -0.900. The van der Waals surface area contributed by atoms with Gasteiger partial charge in [-0.25, -0.2) is 0 Å². The lowest BCUT2D eigenvalue weighted by molar-refractivity contribution is 0.578. The molecule has 0 heterocycles. The fourth-order valence-electron chi connectivity index (χ4n) is 1.57. The van der Waals surface area contributed by atoms with Crippen molar-refractivity contribution in [3.05, 3.63) is 35.9 Å². The molecule has 3 heteroatoms. The highest BCUT2D eigenvalue weighted by Crippen LogP contribution is 2.12. The lowest BCUT2D eigenvalue weighted by Gasteiger charge is -2.15. The SMILES string of the molecule is NCCCNCC(CN)c1ccccc1. The van der Waals surface area contributed by atoms with E-state index in [1.807, 2.05) is 6.07 Å². The van der Waals surface area contributed by atoms with Crippen LogP contribution in [0.3, 0.4) is 0 Å². The second-order valence-electron chi connectivity index (χ2n) is 3.69. The normalized spacial score (nSPS) is 12.7. The summed E-state index contributed by atoms with van der Waals surface area (Å²) in [4.78, 5) is 0. The first kappa shape index (κ1) is 12.2. The zero-order valence-electron chi connectivity index (χ0n) is 9.15. The molecule has 1 aromatic carbocycles. The monoisotopic (exact) mass is 207 g/mol. The molecule has 0 aliphatic carbocycles. The third-order valence-corrected chi connectivity index (χ3v) is 2.50. The molecule has 0 aliphatic rings. The van der Waals surface area contributed by atoms with Crippen LogP contribution in [0.5, 0.6) is 0 Å². The second-order valence-corrected chi connectivity index (χ2v) is 3.69. The average Bonchev–Trinajstić information content (AvgIpc) is 2.30. The summed E-state index contributed by atoms with van der Waals surface area (Å²) in [5.74, 6) is 0.406. The molecule has 0 spiro atoms. The van der Waals surface area contributed by atoms with Gasteiger partial charge in [0.1, 0.15) is 0 Å². The van der Waals surface area contributed by atoms with Crippen LogP contribution in [0.25, 0.3) is 0 Å². The Kier molecular flexibility index (Phi) is 6.00. The van der Waals surface area contributed by atoms with Crippen LogP contribution < -0.4 is 16.8 Å². The van der Waals surface area contributed by atoms with E-state index < -0.39 is 0 Å². The van der Waals surface area contributed by atoms with E-state index in [9.17, 15) is 0 Å². The Bertz CT molecular complexity index is 248. The minimum Gasteiger partial charge on any atom is -0.330 e. The van der Waals surface area contributed by atoms with Gasteiger partial charge in [0.25, 0.3) is 0 Å². The summed E-state index contributed by atoms with van der Waals surface area (Å²) in [7, 11) is 0. The van der Waals surface area contributed by atoms with Crippen LogP contribution in [0.2, 0.25) is 0 Å². The van der Waals surface area contributed by atoms with Gasteiger partial charge in [0.15, 0.2) is 0 Å². The summed E-state index contributed by atoms with van der Waals surface area (Å²) in [6.07, 6.45) is 1.02. The maximum absolute atomic E-state index is 5.75. The summed E-state index contributed by atoms with van der Waals surface area (Å²) in [6.45, 7) is 3.33. The van der Waals surface area contributed by atoms with Crippen molar-refractivity contribution in [2.45, 2.75) is 12.3 Å². The van der Waals surface area contributed by atoms with E-state index in [4.69, 9.17) is 11.5 Å². The lowest BCUT2D eigenvalue weighted by Crippen LogP contribution is -2.28. The molecule has 1 atom stereocenters. The van der Waals surface area contributed by atoms with Crippen LogP contribution in [0.1, 0.15) is 17.9 Å². The zero-order chi connectivity index (χ0) is 10.9. The Morgan fingerprint density at radius 2 is 1.87 bits per heavy atom. The van der Waals surface area contributed by atoms with Gasteiger partial charge in [-0.05, 0) is 25.1 Å². The highest BCUT2D eigenvalue weighted by atomic mass is 14.9.